The van der Waals surface area contributed by atoms with Crippen molar-refractivity contribution in [3.63, 3.8) is 0 Å². The Bertz CT molecular complexity index is 1140. The van der Waals surface area contributed by atoms with E-state index in [9.17, 15) is 4.79 Å². The third-order valence-electron chi connectivity index (χ3n) is 4.43. The number of nitrogens with zero attached hydrogens (tertiary/aromatic N) is 1. The Hall–Kier alpha value is -3.15. The fourth-order valence-corrected chi connectivity index (χ4v) is 3.97. The van der Waals surface area contributed by atoms with Gasteiger partial charge in [-0.25, -0.2) is 4.98 Å². The first-order chi connectivity index (χ1) is 14.7. The molecule has 0 aliphatic heterocycles. The minimum absolute atomic E-state index is 0.196. The molecule has 0 spiro atoms. The highest BCUT2D eigenvalue weighted by atomic mass is 35.5. The van der Waals surface area contributed by atoms with E-state index < -0.39 is 0 Å². The van der Waals surface area contributed by atoms with E-state index in [0.29, 0.717) is 29.6 Å². The summed E-state index contributed by atoms with van der Waals surface area (Å²) in [5, 5.41) is 6.09. The van der Waals surface area contributed by atoms with Gasteiger partial charge in [-0.2, -0.15) is 0 Å². The normalized spacial score (nSPS) is 10.6. The molecule has 3 aromatic carbocycles. The monoisotopic (exact) mass is 434 g/mol. The molecule has 1 N–H and O–H groups in total. The maximum atomic E-state index is 12.5. The smallest absolute Gasteiger partial charge is 0.271 e. The molecule has 30 heavy (non-hydrogen) atoms. The van der Waals surface area contributed by atoms with Crippen LogP contribution in [0.3, 0.4) is 0 Å². The molecular weight excluding hydrogens is 416 g/mol. The molecule has 1 amide bonds. The molecule has 4 rings (SSSR count). The lowest BCUT2D eigenvalue weighted by molar-refractivity contribution is 0.0946. The van der Waals surface area contributed by atoms with Gasteiger partial charge in [-0.05, 0) is 35.4 Å². The molecule has 0 saturated heterocycles. The SMILES string of the molecule is O=C(NCc1ccccc1)c1csc(-c2ccccc2OCc2cccc(Cl)c2)n1. The molecule has 1 heterocycles. The second-order valence-electron chi connectivity index (χ2n) is 6.62. The van der Waals surface area contributed by atoms with Gasteiger partial charge in [0.1, 0.15) is 23.1 Å². The van der Waals surface area contributed by atoms with Crippen LogP contribution in [-0.4, -0.2) is 10.9 Å². The Morgan fingerprint density at radius 1 is 0.967 bits per heavy atom. The van der Waals surface area contributed by atoms with E-state index in [1.54, 1.807) is 5.38 Å². The van der Waals surface area contributed by atoms with Crippen molar-refractivity contribution in [1.82, 2.24) is 10.3 Å². The maximum absolute atomic E-state index is 12.5. The maximum Gasteiger partial charge on any atom is 0.271 e. The summed E-state index contributed by atoms with van der Waals surface area (Å²) in [6.45, 7) is 0.860. The van der Waals surface area contributed by atoms with Crippen molar-refractivity contribution in [3.8, 4) is 16.3 Å². The van der Waals surface area contributed by atoms with Gasteiger partial charge < -0.3 is 10.1 Å². The zero-order valence-corrected chi connectivity index (χ0v) is 17.6. The molecule has 1 aromatic heterocycles. The highest BCUT2D eigenvalue weighted by molar-refractivity contribution is 7.13. The summed E-state index contributed by atoms with van der Waals surface area (Å²) in [4.78, 5) is 17.0. The molecule has 150 valence electrons. The molecule has 0 unspecified atom stereocenters. The van der Waals surface area contributed by atoms with E-state index in [-0.39, 0.29) is 5.91 Å². The number of aromatic nitrogens is 1. The predicted molar refractivity (Wildman–Crippen MR) is 121 cm³/mol. The molecule has 4 nitrogen and oxygen atoms in total. The number of halogens is 1. The molecule has 0 aliphatic carbocycles. The molecular formula is C24H19ClN2O2S. The Morgan fingerprint density at radius 3 is 2.57 bits per heavy atom. The van der Waals surface area contributed by atoms with E-state index in [0.717, 1.165) is 21.7 Å². The standard InChI is InChI=1S/C24H19ClN2O2S/c25-19-10-6-9-18(13-19)15-29-22-12-5-4-11-20(22)24-27-21(16-30-24)23(28)26-14-17-7-2-1-3-8-17/h1-13,16H,14-15H2,(H,26,28). The largest absolute Gasteiger partial charge is 0.488 e. The number of benzene rings is 3. The van der Waals surface area contributed by atoms with Crippen LogP contribution in [0.2, 0.25) is 5.02 Å². The third kappa shape index (κ3) is 5.06. The van der Waals surface area contributed by atoms with Gasteiger partial charge >= 0.3 is 0 Å². The van der Waals surface area contributed by atoms with E-state index in [2.05, 4.69) is 10.3 Å². The van der Waals surface area contributed by atoms with E-state index >= 15 is 0 Å². The van der Waals surface area contributed by atoms with Gasteiger partial charge in [0, 0.05) is 16.9 Å². The van der Waals surface area contributed by atoms with Crippen LogP contribution in [0.4, 0.5) is 0 Å². The summed E-state index contributed by atoms with van der Waals surface area (Å²) >= 11 is 7.47. The molecule has 0 fully saturated rings. The lowest BCUT2D eigenvalue weighted by Gasteiger charge is -2.10. The van der Waals surface area contributed by atoms with Crippen LogP contribution in [0.5, 0.6) is 5.75 Å². The summed E-state index contributed by atoms with van der Waals surface area (Å²) in [6.07, 6.45) is 0. The van der Waals surface area contributed by atoms with Gasteiger partial charge in [-0.15, -0.1) is 11.3 Å². The van der Waals surface area contributed by atoms with Crippen LogP contribution < -0.4 is 10.1 Å². The number of amides is 1. The van der Waals surface area contributed by atoms with Crippen molar-refractivity contribution < 1.29 is 9.53 Å². The Morgan fingerprint density at radius 2 is 1.73 bits per heavy atom. The van der Waals surface area contributed by atoms with Crippen molar-refractivity contribution in [3.05, 3.63) is 106 Å². The lowest BCUT2D eigenvalue weighted by atomic mass is 10.2. The first-order valence-electron chi connectivity index (χ1n) is 9.43. The highest BCUT2D eigenvalue weighted by Crippen LogP contribution is 2.32. The second-order valence-corrected chi connectivity index (χ2v) is 7.92. The number of carbonyl (C=O) groups is 1. The first kappa shape index (κ1) is 20.1. The lowest BCUT2D eigenvalue weighted by Crippen LogP contribution is -2.23. The average Bonchev–Trinajstić information content (AvgIpc) is 3.27. The van der Waals surface area contributed by atoms with Gasteiger partial charge in [0.15, 0.2) is 0 Å². The minimum atomic E-state index is -0.196. The zero-order chi connectivity index (χ0) is 20.8. The van der Waals surface area contributed by atoms with Crippen molar-refractivity contribution in [1.29, 1.82) is 0 Å². The fourth-order valence-electron chi connectivity index (χ4n) is 2.93. The van der Waals surface area contributed by atoms with Crippen LogP contribution >= 0.6 is 22.9 Å². The summed E-state index contributed by atoms with van der Waals surface area (Å²) in [7, 11) is 0. The number of para-hydroxylation sites is 1. The Balaban J connectivity index is 1.46. The van der Waals surface area contributed by atoms with E-state index in [1.807, 2.05) is 78.9 Å². The summed E-state index contributed by atoms with van der Waals surface area (Å²) in [5.41, 5.74) is 3.28. The minimum Gasteiger partial charge on any atom is -0.488 e. The number of hydrogen-bond donors (Lipinski definition) is 1. The van der Waals surface area contributed by atoms with Gasteiger partial charge in [0.25, 0.3) is 5.91 Å². The number of ether oxygens (including phenoxy) is 1. The van der Waals surface area contributed by atoms with Crippen molar-refractivity contribution in [2.45, 2.75) is 13.2 Å². The van der Waals surface area contributed by atoms with Gasteiger partial charge in [0.2, 0.25) is 0 Å². The number of thiazole rings is 1. The van der Waals surface area contributed by atoms with Crippen molar-refractivity contribution in [2.75, 3.05) is 0 Å². The van der Waals surface area contributed by atoms with Crippen molar-refractivity contribution in [2.24, 2.45) is 0 Å². The second kappa shape index (κ2) is 9.57. The van der Waals surface area contributed by atoms with E-state index in [4.69, 9.17) is 16.3 Å². The number of hydrogen-bond acceptors (Lipinski definition) is 4. The molecule has 0 aliphatic rings. The number of rotatable bonds is 7. The number of nitrogens with one attached hydrogen (secondary N) is 1. The molecule has 0 bridgehead atoms. The van der Waals surface area contributed by atoms with E-state index in [1.165, 1.54) is 11.3 Å². The first-order valence-corrected chi connectivity index (χ1v) is 10.7. The van der Waals surface area contributed by atoms with Crippen LogP contribution in [-0.2, 0) is 13.2 Å². The average molecular weight is 435 g/mol. The van der Waals surface area contributed by atoms with Crippen LogP contribution in [0, 0.1) is 0 Å². The topological polar surface area (TPSA) is 51.2 Å². The molecule has 6 heteroatoms. The Kier molecular flexibility index (Phi) is 6.42. The predicted octanol–water partition coefficient (Wildman–Crippen LogP) is 5.97. The van der Waals surface area contributed by atoms with Gasteiger partial charge in [-0.3, -0.25) is 4.79 Å². The van der Waals surface area contributed by atoms with Gasteiger partial charge in [0.05, 0.1) is 5.56 Å². The van der Waals surface area contributed by atoms with Crippen LogP contribution in [0.25, 0.3) is 10.6 Å². The number of carbonyl (C=O) groups excluding carboxylic acids is 1. The molecule has 0 saturated carbocycles. The quantitative estimate of drug-likeness (QED) is 0.389. The fraction of sp³-hybridized carbons (Fsp3) is 0.0833. The summed E-state index contributed by atoms with van der Waals surface area (Å²) < 4.78 is 6.02. The van der Waals surface area contributed by atoms with Gasteiger partial charge in [-0.1, -0.05) is 66.2 Å². The highest BCUT2D eigenvalue weighted by Gasteiger charge is 2.14. The van der Waals surface area contributed by atoms with Crippen LogP contribution in [0.1, 0.15) is 21.6 Å². The van der Waals surface area contributed by atoms with Crippen molar-refractivity contribution >= 4 is 28.8 Å². The molecule has 0 atom stereocenters. The third-order valence-corrected chi connectivity index (χ3v) is 5.54. The molecule has 4 aromatic rings. The summed E-state index contributed by atoms with van der Waals surface area (Å²) in [6, 6.07) is 25.0. The molecule has 0 radical (unpaired) electrons. The summed E-state index contributed by atoms with van der Waals surface area (Å²) in [5.74, 6) is 0.516. The zero-order valence-electron chi connectivity index (χ0n) is 16.0. The van der Waals surface area contributed by atoms with Crippen LogP contribution in [0.15, 0.2) is 84.2 Å². The Labute approximate surface area is 184 Å².